The third-order valence-corrected chi connectivity index (χ3v) is 2.87. The first kappa shape index (κ1) is 12.1. The summed E-state index contributed by atoms with van der Waals surface area (Å²) in [5.74, 6) is 0.759. The van der Waals surface area contributed by atoms with Crippen molar-refractivity contribution in [2.75, 3.05) is 12.8 Å². The molecule has 3 heteroatoms. The third-order valence-electron chi connectivity index (χ3n) is 1.65. The molecule has 0 bridgehead atoms. The molecule has 0 heterocycles. The monoisotopic (exact) mass is 191 g/mol. The lowest BCUT2D eigenvalue weighted by molar-refractivity contribution is 0.349. The van der Waals surface area contributed by atoms with Crippen molar-refractivity contribution in [1.82, 2.24) is 0 Å². The van der Waals surface area contributed by atoms with Crippen LogP contribution in [0.2, 0.25) is 0 Å². The average molecular weight is 191 g/mol. The van der Waals surface area contributed by atoms with Crippen LogP contribution in [0, 0.1) is 5.92 Å². The van der Waals surface area contributed by atoms with Crippen LogP contribution in [0.5, 0.6) is 0 Å². The van der Waals surface area contributed by atoms with E-state index in [2.05, 4.69) is 13.8 Å². The molecule has 0 amide bonds. The van der Waals surface area contributed by atoms with Gasteiger partial charge in [0.1, 0.15) is 0 Å². The molecule has 0 aliphatic carbocycles. The van der Waals surface area contributed by atoms with Crippen molar-refractivity contribution in [3.8, 4) is 0 Å². The fraction of sp³-hybridized carbons (Fsp3) is 1.00. The van der Waals surface area contributed by atoms with Crippen molar-refractivity contribution in [3.63, 3.8) is 0 Å². The second kappa shape index (κ2) is 7.70. The minimum Gasteiger partial charge on any atom is -0.147 e. The summed E-state index contributed by atoms with van der Waals surface area (Å²) in [5, 5.41) is 0. The molecule has 0 aromatic rings. The molecule has 12 heavy (non-hydrogen) atoms. The van der Waals surface area contributed by atoms with Gasteiger partial charge in [0.2, 0.25) is 0 Å². The number of hydrogen-bond acceptors (Lipinski definition) is 2. The third kappa shape index (κ3) is 8.16. The largest absolute Gasteiger partial charge is 0.508 e. The highest BCUT2D eigenvalue weighted by atomic mass is 31.1. The summed E-state index contributed by atoms with van der Waals surface area (Å²) >= 11 is 0. The minimum atomic E-state index is -1.36. The van der Waals surface area contributed by atoms with Crippen LogP contribution < -0.4 is 0 Å². The average Bonchev–Trinajstić information content (AvgIpc) is 1.98. The van der Waals surface area contributed by atoms with E-state index in [1.165, 1.54) is 12.8 Å². The van der Waals surface area contributed by atoms with E-state index in [1.807, 2.05) is 6.92 Å². The zero-order valence-electron chi connectivity index (χ0n) is 8.38. The molecular formula is C9H20O2P+. The Bertz CT molecular complexity index is 124. The molecule has 0 rings (SSSR count). The fourth-order valence-electron chi connectivity index (χ4n) is 1.00. The molecular weight excluding hydrogens is 171 g/mol. The van der Waals surface area contributed by atoms with Crippen LogP contribution in [-0.2, 0) is 9.09 Å². The molecule has 0 saturated heterocycles. The van der Waals surface area contributed by atoms with E-state index in [0.29, 0.717) is 6.61 Å². The normalized spacial score (nSPS) is 12.2. The maximum atomic E-state index is 11.0. The molecule has 0 radical (unpaired) electrons. The number of hydrogen-bond donors (Lipinski definition) is 0. The van der Waals surface area contributed by atoms with E-state index in [-0.39, 0.29) is 0 Å². The Kier molecular flexibility index (Phi) is 7.73. The number of rotatable bonds is 7. The van der Waals surface area contributed by atoms with Crippen molar-refractivity contribution < 1.29 is 9.09 Å². The smallest absolute Gasteiger partial charge is 0.147 e. The summed E-state index contributed by atoms with van der Waals surface area (Å²) in [5.41, 5.74) is 0. The van der Waals surface area contributed by atoms with Crippen LogP contribution in [-0.4, -0.2) is 12.8 Å². The van der Waals surface area contributed by atoms with Gasteiger partial charge in [-0.15, -0.1) is 4.52 Å². The van der Waals surface area contributed by atoms with Gasteiger partial charge >= 0.3 is 8.03 Å². The van der Waals surface area contributed by atoms with Crippen LogP contribution >= 0.6 is 8.03 Å². The fourth-order valence-corrected chi connectivity index (χ4v) is 1.90. The van der Waals surface area contributed by atoms with Crippen LogP contribution in [0.3, 0.4) is 0 Å². The Balaban J connectivity index is 3.14. The van der Waals surface area contributed by atoms with Gasteiger partial charge < -0.3 is 0 Å². The topological polar surface area (TPSA) is 26.3 Å². The van der Waals surface area contributed by atoms with Crippen LogP contribution in [0.4, 0.5) is 0 Å². The lowest BCUT2D eigenvalue weighted by Gasteiger charge is -1.99. The summed E-state index contributed by atoms with van der Waals surface area (Å²) in [6.07, 6.45) is 4.17. The summed E-state index contributed by atoms with van der Waals surface area (Å²) < 4.78 is 16.0. The molecule has 1 atom stereocenters. The number of unbranched alkanes of at least 4 members (excludes halogenated alkanes) is 1. The molecule has 1 unspecified atom stereocenters. The van der Waals surface area contributed by atoms with E-state index in [9.17, 15) is 4.57 Å². The van der Waals surface area contributed by atoms with Crippen molar-refractivity contribution in [2.24, 2.45) is 5.92 Å². The van der Waals surface area contributed by atoms with Gasteiger partial charge in [-0.3, -0.25) is 0 Å². The first-order chi connectivity index (χ1) is 5.66. The molecule has 0 aliphatic rings. The SMILES string of the molecule is CCO[P+](=O)CCCCC(C)C. The van der Waals surface area contributed by atoms with Gasteiger partial charge in [0, 0.05) is 0 Å². The predicted octanol–water partition coefficient (Wildman–Crippen LogP) is 3.59. The lowest BCUT2D eigenvalue weighted by Crippen LogP contribution is -1.89. The summed E-state index contributed by atoms with van der Waals surface area (Å²) in [6.45, 7) is 6.87. The molecule has 0 saturated carbocycles. The second-order valence-corrected chi connectivity index (χ2v) is 4.73. The zero-order chi connectivity index (χ0) is 9.40. The van der Waals surface area contributed by atoms with Crippen LogP contribution in [0.25, 0.3) is 0 Å². The Morgan fingerprint density at radius 3 is 2.50 bits per heavy atom. The van der Waals surface area contributed by atoms with Crippen LogP contribution in [0.1, 0.15) is 40.0 Å². The molecule has 2 nitrogen and oxygen atoms in total. The van der Waals surface area contributed by atoms with Crippen molar-refractivity contribution in [3.05, 3.63) is 0 Å². The molecule has 0 spiro atoms. The summed E-state index contributed by atoms with van der Waals surface area (Å²) in [6, 6.07) is 0. The van der Waals surface area contributed by atoms with Gasteiger partial charge in [-0.25, -0.2) is 0 Å². The first-order valence-electron chi connectivity index (χ1n) is 4.74. The maximum absolute atomic E-state index is 11.0. The predicted molar refractivity (Wildman–Crippen MR) is 52.8 cm³/mol. The quantitative estimate of drug-likeness (QED) is 0.454. The Morgan fingerprint density at radius 1 is 1.33 bits per heavy atom. The van der Waals surface area contributed by atoms with Gasteiger partial charge in [-0.2, -0.15) is 0 Å². The molecule has 0 aromatic heterocycles. The van der Waals surface area contributed by atoms with E-state index < -0.39 is 8.03 Å². The lowest BCUT2D eigenvalue weighted by atomic mass is 10.1. The highest BCUT2D eigenvalue weighted by Crippen LogP contribution is 2.23. The Morgan fingerprint density at radius 2 is 2.00 bits per heavy atom. The maximum Gasteiger partial charge on any atom is 0.508 e. The van der Waals surface area contributed by atoms with Gasteiger partial charge in [0.15, 0.2) is 6.16 Å². The van der Waals surface area contributed by atoms with Gasteiger partial charge in [0.25, 0.3) is 0 Å². The van der Waals surface area contributed by atoms with Gasteiger partial charge in [-0.1, -0.05) is 20.3 Å². The van der Waals surface area contributed by atoms with Crippen LogP contribution in [0.15, 0.2) is 0 Å². The molecule has 0 aliphatic heterocycles. The zero-order valence-corrected chi connectivity index (χ0v) is 9.27. The van der Waals surface area contributed by atoms with Crippen molar-refractivity contribution >= 4 is 8.03 Å². The summed E-state index contributed by atoms with van der Waals surface area (Å²) in [7, 11) is -1.36. The van der Waals surface area contributed by atoms with Crippen molar-refractivity contribution in [1.29, 1.82) is 0 Å². The second-order valence-electron chi connectivity index (χ2n) is 3.36. The standard InChI is InChI=1S/C9H20O2P/c1-4-11-12(10)8-6-5-7-9(2)3/h9H,4-8H2,1-3H3/q+1. The molecule has 0 aromatic carbocycles. The summed E-state index contributed by atoms with van der Waals surface area (Å²) in [4.78, 5) is 0. The van der Waals surface area contributed by atoms with E-state index in [0.717, 1.165) is 18.5 Å². The molecule has 72 valence electrons. The van der Waals surface area contributed by atoms with E-state index in [4.69, 9.17) is 4.52 Å². The Hall–Kier alpha value is 0.0600. The Labute approximate surface area is 76.6 Å². The molecule has 0 fully saturated rings. The minimum absolute atomic E-state index is 0.569. The highest BCUT2D eigenvalue weighted by molar-refractivity contribution is 7.39. The van der Waals surface area contributed by atoms with Gasteiger partial charge in [0.05, 0.1) is 6.61 Å². The van der Waals surface area contributed by atoms with E-state index >= 15 is 0 Å². The van der Waals surface area contributed by atoms with Crippen molar-refractivity contribution in [2.45, 2.75) is 40.0 Å². The van der Waals surface area contributed by atoms with Gasteiger partial charge in [-0.05, 0) is 30.2 Å². The van der Waals surface area contributed by atoms with E-state index in [1.54, 1.807) is 0 Å². The molecule has 0 N–H and O–H groups in total. The first-order valence-corrected chi connectivity index (χ1v) is 6.10. The highest BCUT2D eigenvalue weighted by Gasteiger charge is 2.14.